The molecule has 1 aromatic heterocycles. The Morgan fingerprint density at radius 1 is 1.25 bits per heavy atom. The maximum atomic E-state index is 12.4. The highest BCUT2D eigenvalue weighted by Crippen LogP contribution is 2.44. The smallest absolute Gasteiger partial charge is 0.434 e. The number of nitrogens with two attached hydrogens (primary N) is 2. The monoisotopic (exact) mass is 442 g/mol. The Balaban J connectivity index is 1.96. The number of nitro benzene ring substituents is 1. The first-order valence-corrected chi connectivity index (χ1v) is 10.3. The number of benzene rings is 1. The van der Waals surface area contributed by atoms with Crippen molar-refractivity contribution >= 4 is 29.4 Å². The number of hydrogen-bond acceptors (Lipinski definition) is 10. The van der Waals surface area contributed by atoms with E-state index in [2.05, 4.69) is 22.2 Å². The van der Waals surface area contributed by atoms with E-state index >= 15 is 0 Å². The van der Waals surface area contributed by atoms with E-state index in [1.54, 1.807) is 19.1 Å². The second kappa shape index (κ2) is 9.94. The van der Waals surface area contributed by atoms with Gasteiger partial charge in [-0.2, -0.15) is 9.97 Å². The van der Waals surface area contributed by atoms with Crippen molar-refractivity contribution < 1.29 is 19.2 Å². The normalized spacial score (nSPS) is 15.0. The molecule has 2 heterocycles. The number of ether oxygens (including phenoxy) is 2. The van der Waals surface area contributed by atoms with Gasteiger partial charge in [-0.25, -0.2) is 4.79 Å². The topological polar surface area (TPSA) is 169 Å². The number of non-ortho nitro benzene ring substituents is 1. The average molecular weight is 442 g/mol. The molecule has 1 aromatic carbocycles. The van der Waals surface area contributed by atoms with Gasteiger partial charge in [-0.1, -0.05) is 38.3 Å². The highest BCUT2D eigenvalue weighted by molar-refractivity contribution is 5.71. The van der Waals surface area contributed by atoms with Crippen molar-refractivity contribution in [3.8, 4) is 0 Å². The van der Waals surface area contributed by atoms with E-state index in [-0.39, 0.29) is 29.8 Å². The lowest BCUT2D eigenvalue weighted by Gasteiger charge is -2.29. The summed E-state index contributed by atoms with van der Waals surface area (Å²) < 4.78 is 10.8. The van der Waals surface area contributed by atoms with Crippen molar-refractivity contribution in [1.82, 2.24) is 9.97 Å². The van der Waals surface area contributed by atoms with E-state index in [1.165, 1.54) is 12.1 Å². The zero-order valence-electron chi connectivity index (χ0n) is 18.0. The van der Waals surface area contributed by atoms with E-state index in [9.17, 15) is 14.9 Å². The van der Waals surface area contributed by atoms with Crippen molar-refractivity contribution in [2.24, 2.45) is 0 Å². The lowest BCUT2D eigenvalue weighted by Crippen LogP contribution is -2.25. The number of nitrogens with one attached hydrogen (secondary N) is 1. The Morgan fingerprint density at radius 2 is 2.03 bits per heavy atom. The van der Waals surface area contributed by atoms with Crippen LogP contribution in [-0.4, -0.2) is 27.7 Å². The minimum Gasteiger partial charge on any atom is -0.434 e. The predicted octanol–water partition coefficient (Wildman–Crippen LogP) is 4.07. The molecule has 11 nitrogen and oxygen atoms in total. The van der Waals surface area contributed by atoms with Gasteiger partial charge in [0, 0.05) is 12.1 Å². The third-order valence-corrected chi connectivity index (χ3v) is 5.04. The first-order valence-electron chi connectivity index (χ1n) is 10.3. The predicted molar refractivity (Wildman–Crippen MR) is 119 cm³/mol. The van der Waals surface area contributed by atoms with Gasteiger partial charge in [0.15, 0.2) is 0 Å². The van der Waals surface area contributed by atoms with Crippen LogP contribution >= 0.6 is 0 Å². The number of allylic oxidation sites excluding steroid dienone is 2. The second-order valence-corrected chi connectivity index (χ2v) is 7.39. The molecule has 0 saturated heterocycles. The fraction of sp³-hybridized carbons (Fsp3) is 0.381. The van der Waals surface area contributed by atoms with Gasteiger partial charge in [0.05, 0.1) is 28.7 Å². The maximum absolute atomic E-state index is 12.4. The van der Waals surface area contributed by atoms with Crippen molar-refractivity contribution in [3.05, 3.63) is 57.0 Å². The van der Waals surface area contributed by atoms with Gasteiger partial charge in [-0.05, 0) is 18.9 Å². The highest BCUT2D eigenvalue weighted by Gasteiger charge is 2.35. The third-order valence-electron chi connectivity index (χ3n) is 5.04. The van der Waals surface area contributed by atoms with Gasteiger partial charge < -0.3 is 26.3 Å². The summed E-state index contributed by atoms with van der Waals surface area (Å²) in [5.41, 5.74) is 13.1. The number of nitrogen functional groups attached to an aromatic ring is 2. The Hall–Kier alpha value is -3.89. The van der Waals surface area contributed by atoms with Crippen LogP contribution in [0.1, 0.15) is 56.6 Å². The minimum atomic E-state index is -0.869. The number of carbonyl (C=O) groups excluding carboxylic acids is 1. The molecule has 0 fully saturated rings. The first-order chi connectivity index (χ1) is 15.3. The highest BCUT2D eigenvalue weighted by atomic mass is 16.7. The molecule has 1 atom stereocenters. The zero-order chi connectivity index (χ0) is 23.3. The third kappa shape index (κ3) is 5.05. The van der Waals surface area contributed by atoms with Crippen LogP contribution in [0.15, 0.2) is 35.7 Å². The Bertz CT molecular complexity index is 1050. The number of rotatable bonds is 8. The summed E-state index contributed by atoms with van der Waals surface area (Å²) in [6.07, 6.45) is 2.94. The fourth-order valence-electron chi connectivity index (χ4n) is 3.55. The molecule has 170 valence electrons. The molecular weight excluding hydrogens is 416 g/mol. The maximum Gasteiger partial charge on any atom is 0.513 e. The molecule has 3 rings (SSSR count). The van der Waals surface area contributed by atoms with Crippen LogP contribution in [0.3, 0.4) is 0 Å². The van der Waals surface area contributed by atoms with Crippen molar-refractivity contribution in [2.75, 3.05) is 23.4 Å². The van der Waals surface area contributed by atoms with E-state index in [0.717, 1.165) is 25.7 Å². The fourth-order valence-corrected chi connectivity index (χ4v) is 3.55. The molecule has 0 amide bonds. The molecule has 1 unspecified atom stereocenters. The van der Waals surface area contributed by atoms with Crippen LogP contribution in [0, 0.1) is 10.1 Å². The largest absolute Gasteiger partial charge is 0.513 e. The summed E-state index contributed by atoms with van der Waals surface area (Å²) in [4.78, 5) is 31.4. The summed E-state index contributed by atoms with van der Waals surface area (Å²) in [5, 5.41) is 14.3. The SMILES string of the molecule is CCCCCCOC(=O)OC1=C(C)Nc2nc(N)nc(N)c2C1c1cccc([N+](=O)[O-])c1. The number of anilines is 3. The molecular formula is C21H26N6O5. The van der Waals surface area contributed by atoms with E-state index in [0.29, 0.717) is 22.6 Å². The van der Waals surface area contributed by atoms with Crippen LogP contribution in [0.25, 0.3) is 0 Å². The zero-order valence-corrected chi connectivity index (χ0v) is 18.0. The van der Waals surface area contributed by atoms with Crippen LogP contribution in [0.5, 0.6) is 0 Å². The van der Waals surface area contributed by atoms with Crippen molar-refractivity contribution in [1.29, 1.82) is 0 Å². The van der Waals surface area contributed by atoms with Gasteiger partial charge >= 0.3 is 6.16 Å². The van der Waals surface area contributed by atoms with E-state index < -0.39 is 17.0 Å². The number of carbonyl (C=O) groups is 1. The van der Waals surface area contributed by atoms with Gasteiger partial charge in [0.25, 0.3) is 5.69 Å². The van der Waals surface area contributed by atoms with Gasteiger partial charge in [0.1, 0.15) is 17.4 Å². The van der Waals surface area contributed by atoms with Crippen LogP contribution in [0.2, 0.25) is 0 Å². The van der Waals surface area contributed by atoms with E-state index in [1.807, 2.05) is 0 Å². The summed E-state index contributed by atoms with van der Waals surface area (Å²) in [6, 6.07) is 5.98. The first kappa shape index (κ1) is 22.8. The minimum absolute atomic E-state index is 0.0322. The quantitative estimate of drug-likeness (QED) is 0.234. The number of hydrogen-bond donors (Lipinski definition) is 3. The average Bonchev–Trinajstić information content (AvgIpc) is 2.74. The number of nitro groups is 1. The Labute approximate surface area is 185 Å². The second-order valence-electron chi connectivity index (χ2n) is 7.39. The molecule has 2 aromatic rings. The molecule has 0 bridgehead atoms. The standard InChI is InChI=1S/C21H26N6O5/c1-3-4-5-6-10-31-21(28)32-17-12(2)24-19-16(18(22)25-20(23)26-19)15(17)13-8-7-9-14(11-13)27(29)30/h7-9,11,15H,3-6,10H2,1-2H3,(H5,22,23,24,25,26). The Morgan fingerprint density at radius 3 is 2.75 bits per heavy atom. The molecule has 0 aliphatic carbocycles. The summed E-state index contributed by atoms with van der Waals surface area (Å²) >= 11 is 0. The van der Waals surface area contributed by atoms with Gasteiger partial charge in [-0.3, -0.25) is 10.1 Å². The molecule has 1 aliphatic heterocycles. The van der Waals surface area contributed by atoms with Gasteiger partial charge in [0.2, 0.25) is 5.95 Å². The molecule has 0 saturated carbocycles. The lowest BCUT2D eigenvalue weighted by atomic mass is 9.86. The molecule has 0 radical (unpaired) electrons. The number of unbranched alkanes of at least 4 members (excludes halogenated alkanes) is 3. The van der Waals surface area contributed by atoms with E-state index in [4.69, 9.17) is 20.9 Å². The van der Waals surface area contributed by atoms with Gasteiger partial charge in [-0.15, -0.1) is 0 Å². The summed E-state index contributed by atoms with van der Waals surface area (Å²) in [7, 11) is 0. The van der Waals surface area contributed by atoms with Crippen LogP contribution in [-0.2, 0) is 9.47 Å². The molecule has 32 heavy (non-hydrogen) atoms. The van der Waals surface area contributed by atoms with Crippen LogP contribution in [0.4, 0.5) is 28.1 Å². The number of nitrogens with zero attached hydrogens (tertiary/aromatic N) is 3. The summed E-state index contributed by atoms with van der Waals surface area (Å²) in [6.45, 7) is 4.01. The molecule has 0 spiro atoms. The number of aromatic nitrogens is 2. The lowest BCUT2D eigenvalue weighted by molar-refractivity contribution is -0.384. The molecule has 1 aliphatic rings. The summed E-state index contributed by atoms with van der Waals surface area (Å²) in [5.74, 6) is -0.214. The van der Waals surface area contributed by atoms with Crippen molar-refractivity contribution in [2.45, 2.75) is 45.4 Å². The van der Waals surface area contributed by atoms with Crippen LogP contribution < -0.4 is 16.8 Å². The Kier molecular flexibility index (Phi) is 7.08. The number of fused-ring (bicyclic) bond motifs is 1. The van der Waals surface area contributed by atoms with Crippen molar-refractivity contribution in [3.63, 3.8) is 0 Å². The molecule has 5 N–H and O–H groups in total. The molecule has 11 heteroatoms.